The van der Waals surface area contributed by atoms with E-state index in [1.165, 1.54) is 0 Å². The molecule has 2 N–H and O–H groups in total. The second kappa shape index (κ2) is 7.54. The van der Waals surface area contributed by atoms with E-state index in [4.69, 9.17) is 11.6 Å². The average molecular weight is 401 g/mol. The summed E-state index contributed by atoms with van der Waals surface area (Å²) in [6, 6.07) is 11.8. The number of urea groups is 1. The molecule has 1 aliphatic heterocycles. The van der Waals surface area contributed by atoms with Crippen molar-refractivity contribution in [2.75, 3.05) is 16.8 Å². The van der Waals surface area contributed by atoms with E-state index in [1.807, 2.05) is 36.4 Å². The molecule has 1 aromatic heterocycles. The zero-order valence-electron chi connectivity index (χ0n) is 14.3. The number of anilines is 2. The van der Waals surface area contributed by atoms with Crippen molar-refractivity contribution in [2.24, 2.45) is 0 Å². The van der Waals surface area contributed by atoms with Crippen molar-refractivity contribution in [3.63, 3.8) is 0 Å². The number of aromatic nitrogens is 1. The molecule has 0 spiro atoms. The van der Waals surface area contributed by atoms with Crippen LogP contribution in [-0.2, 0) is 4.79 Å². The van der Waals surface area contributed by atoms with Crippen LogP contribution in [0.15, 0.2) is 48.0 Å². The highest BCUT2D eigenvalue weighted by molar-refractivity contribution is 7.16. The molecule has 3 amide bonds. The largest absolute Gasteiger partial charge is 0.326 e. The molecule has 1 fully saturated rings. The van der Waals surface area contributed by atoms with Crippen LogP contribution in [0.1, 0.15) is 12.8 Å². The Balaban J connectivity index is 1.44. The fraction of sp³-hybridized carbons (Fsp3) is 0.211. The minimum Gasteiger partial charge on any atom is -0.326 e. The quantitative estimate of drug-likeness (QED) is 0.689. The highest BCUT2D eigenvalue weighted by Gasteiger charge is 2.31. The van der Waals surface area contributed by atoms with E-state index in [1.54, 1.807) is 27.8 Å². The van der Waals surface area contributed by atoms with Crippen molar-refractivity contribution in [3.05, 3.63) is 53.0 Å². The first-order chi connectivity index (χ1) is 13.1. The predicted octanol–water partition coefficient (Wildman–Crippen LogP) is 4.27. The van der Waals surface area contributed by atoms with E-state index in [0.29, 0.717) is 29.4 Å². The zero-order chi connectivity index (χ0) is 18.8. The standard InChI is InChI=1S/C19H17ClN4O2S/c20-13-4-1-2-6-16(13)24-9-3-5-14(18(24)25)23-19(26)22-12-7-8-17-15(10-12)21-11-27-17/h1-2,4,6-8,10-11,14H,3,5,9H2,(H2,22,23,26). The smallest absolute Gasteiger partial charge is 0.319 e. The summed E-state index contributed by atoms with van der Waals surface area (Å²) in [7, 11) is 0. The van der Waals surface area contributed by atoms with Crippen molar-refractivity contribution in [1.82, 2.24) is 10.3 Å². The molecule has 8 heteroatoms. The Hall–Kier alpha value is -2.64. The Kier molecular flexibility index (Phi) is 4.96. The van der Waals surface area contributed by atoms with Gasteiger partial charge in [-0.25, -0.2) is 9.78 Å². The van der Waals surface area contributed by atoms with E-state index >= 15 is 0 Å². The molecule has 1 unspecified atom stereocenters. The molecule has 4 rings (SSSR count). The van der Waals surface area contributed by atoms with Crippen LogP contribution in [0.4, 0.5) is 16.2 Å². The number of carbonyl (C=O) groups excluding carboxylic acids is 2. The Morgan fingerprint density at radius 3 is 2.96 bits per heavy atom. The van der Waals surface area contributed by atoms with Gasteiger partial charge in [0.2, 0.25) is 5.91 Å². The molecular formula is C19H17ClN4O2S. The van der Waals surface area contributed by atoms with E-state index in [9.17, 15) is 9.59 Å². The monoisotopic (exact) mass is 400 g/mol. The zero-order valence-corrected chi connectivity index (χ0v) is 15.9. The number of benzene rings is 2. The van der Waals surface area contributed by atoms with Crippen LogP contribution >= 0.6 is 22.9 Å². The van der Waals surface area contributed by atoms with Gasteiger partial charge in [0.05, 0.1) is 26.4 Å². The number of nitrogens with one attached hydrogen (secondary N) is 2. The number of piperidine rings is 1. The van der Waals surface area contributed by atoms with Gasteiger partial charge < -0.3 is 15.5 Å². The third-order valence-electron chi connectivity index (χ3n) is 4.48. The molecule has 2 aromatic carbocycles. The SMILES string of the molecule is O=C(Nc1ccc2scnc2c1)NC1CCCN(c2ccccc2Cl)C1=O. The molecule has 27 heavy (non-hydrogen) atoms. The maximum Gasteiger partial charge on any atom is 0.319 e. The van der Waals surface area contributed by atoms with E-state index < -0.39 is 12.1 Å². The first kappa shape index (κ1) is 17.8. The normalized spacial score (nSPS) is 17.1. The van der Waals surface area contributed by atoms with Crippen LogP contribution < -0.4 is 15.5 Å². The highest BCUT2D eigenvalue weighted by atomic mass is 35.5. The molecule has 1 atom stereocenters. The summed E-state index contributed by atoms with van der Waals surface area (Å²) in [5.41, 5.74) is 3.90. The Labute approximate surface area is 165 Å². The van der Waals surface area contributed by atoms with E-state index in [-0.39, 0.29) is 5.91 Å². The van der Waals surface area contributed by atoms with Gasteiger partial charge in [0.15, 0.2) is 0 Å². The molecule has 0 radical (unpaired) electrons. The molecule has 0 aliphatic carbocycles. The first-order valence-corrected chi connectivity index (χ1v) is 9.84. The van der Waals surface area contributed by atoms with Gasteiger partial charge in [-0.2, -0.15) is 0 Å². The summed E-state index contributed by atoms with van der Waals surface area (Å²) in [4.78, 5) is 31.1. The maximum absolute atomic E-state index is 12.8. The number of rotatable bonds is 3. The number of fused-ring (bicyclic) bond motifs is 1. The van der Waals surface area contributed by atoms with Crippen LogP contribution in [0.2, 0.25) is 5.02 Å². The second-order valence-corrected chi connectivity index (χ2v) is 7.56. The van der Waals surface area contributed by atoms with Crippen molar-refractivity contribution >= 4 is 56.5 Å². The summed E-state index contributed by atoms with van der Waals surface area (Å²) in [6.07, 6.45) is 1.38. The third kappa shape index (κ3) is 3.74. The van der Waals surface area contributed by atoms with Crippen molar-refractivity contribution in [3.8, 4) is 0 Å². The van der Waals surface area contributed by atoms with Gasteiger partial charge >= 0.3 is 6.03 Å². The Bertz CT molecular complexity index is 1010. The molecular weight excluding hydrogens is 384 g/mol. The molecule has 1 aliphatic rings. The number of hydrogen-bond acceptors (Lipinski definition) is 4. The third-order valence-corrected chi connectivity index (χ3v) is 5.61. The Morgan fingerprint density at radius 2 is 2.11 bits per heavy atom. The molecule has 0 saturated carbocycles. The lowest BCUT2D eigenvalue weighted by Gasteiger charge is -2.33. The summed E-state index contributed by atoms with van der Waals surface area (Å²) in [5.74, 6) is -0.153. The maximum atomic E-state index is 12.8. The first-order valence-electron chi connectivity index (χ1n) is 8.58. The number of hydrogen-bond donors (Lipinski definition) is 2. The number of nitrogens with zero attached hydrogens (tertiary/aromatic N) is 2. The summed E-state index contributed by atoms with van der Waals surface area (Å²) in [5, 5.41) is 6.07. The van der Waals surface area contributed by atoms with Crippen LogP contribution in [0.3, 0.4) is 0 Å². The fourth-order valence-electron chi connectivity index (χ4n) is 3.18. The number of carbonyl (C=O) groups is 2. The number of halogens is 1. The molecule has 0 bridgehead atoms. The van der Waals surface area contributed by atoms with Crippen LogP contribution in [-0.4, -0.2) is 29.5 Å². The highest BCUT2D eigenvalue weighted by Crippen LogP contribution is 2.28. The number of para-hydroxylation sites is 1. The van der Waals surface area contributed by atoms with Gasteiger partial charge in [0.1, 0.15) is 6.04 Å². The van der Waals surface area contributed by atoms with Gasteiger partial charge in [-0.15, -0.1) is 11.3 Å². The average Bonchev–Trinajstić information content (AvgIpc) is 3.12. The lowest BCUT2D eigenvalue weighted by atomic mass is 10.0. The van der Waals surface area contributed by atoms with E-state index in [0.717, 1.165) is 16.6 Å². The summed E-state index contributed by atoms with van der Waals surface area (Å²) in [6.45, 7) is 0.586. The topological polar surface area (TPSA) is 74.3 Å². The molecule has 138 valence electrons. The minimum atomic E-state index is -0.585. The van der Waals surface area contributed by atoms with Crippen molar-refractivity contribution in [2.45, 2.75) is 18.9 Å². The molecule has 2 heterocycles. The van der Waals surface area contributed by atoms with Gasteiger partial charge in [-0.3, -0.25) is 4.79 Å². The second-order valence-electron chi connectivity index (χ2n) is 6.27. The van der Waals surface area contributed by atoms with Gasteiger partial charge in [0, 0.05) is 12.2 Å². The molecule has 6 nitrogen and oxygen atoms in total. The number of amides is 3. The van der Waals surface area contributed by atoms with Gasteiger partial charge in [0.25, 0.3) is 0 Å². The lowest BCUT2D eigenvalue weighted by molar-refractivity contribution is -0.121. The van der Waals surface area contributed by atoms with Crippen molar-refractivity contribution < 1.29 is 9.59 Å². The minimum absolute atomic E-state index is 0.153. The Morgan fingerprint density at radius 1 is 1.26 bits per heavy atom. The van der Waals surface area contributed by atoms with Crippen LogP contribution in [0.25, 0.3) is 10.2 Å². The summed E-state index contributed by atoms with van der Waals surface area (Å²) < 4.78 is 1.05. The summed E-state index contributed by atoms with van der Waals surface area (Å²) >= 11 is 7.77. The van der Waals surface area contributed by atoms with Crippen LogP contribution in [0, 0.1) is 0 Å². The van der Waals surface area contributed by atoms with Crippen LogP contribution in [0.5, 0.6) is 0 Å². The van der Waals surface area contributed by atoms with E-state index in [2.05, 4.69) is 15.6 Å². The van der Waals surface area contributed by atoms with Gasteiger partial charge in [-0.05, 0) is 43.2 Å². The molecule has 1 saturated heterocycles. The predicted molar refractivity (Wildman–Crippen MR) is 109 cm³/mol. The molecule has 3 aromatic rings. The van der Waals surface area contributed by atoms with Crippen molar-refractivity contribution in [1.29, 1.82) is 0 Å². The van der Waals surface area contributed by atoms with Gasteiger partial charge in [-0.1, -0.05) is 23.7 Å². The lowest BCUT2D eigenvalue weighted by Crippen LogP contribution is -2.53. The fourth-order valence-corrected chi connectivity index (χ4v) is 4.08. The number of thiazole rings is 1.